The largest absolute Gasteiger partial charge is 0.330 e. The summed E-state index contributed by atoms with van der Waals surface area (Å²) in [6.07, 6.45) is 0. The van der Waals surface area contributed by atoms with Crippen molar-refractivity contribution in [2.24, 2.45) is 0 Å². The second-order valence-corrected chi connectivity index (χ2v) is 2.73. The van der Waals surface area contributed by atoms with E-state index in [9.17, 15) is 4.79 Å². The van der Waals surface area contributed by atoms with E-state index in [0.29, 0.717) is 0 Å². The smallest absolute Gasteiger partial charge is 0.317 e. The van der Waals surface area contributed by atoms with Crippen LogP contribution in [0.25, 0.3) is 0 Å². The van der Waals surface area contributed by atoms with Crippen LogP contribution in [0.3, 0.4) is 0 Å². The summed E-state index contributed by atoms with van der Waals surface area (Å²) in [5.74, 6) is 0. The van der Waals surface area contributed by atoms with Gasteiger partial charge in [-0.25, -0.2) is 4.79 Å². The highest BCUT2D eigenvalue weighted by molar-refractivity contribution is 5.77. The molecule has 1 N–H and O–H groups in total. The Morgan fingerprint density at radius 3 is 2.70 bits per heavy atom. The Balaban J connectivity index is 2.57. The highest BCUT2D eigenvalue weighted by atomic mass is 16.2. The van der Waals surface area contributed by atoms with E-state index in [1.165, 1.54) is 0 Å². The molecule has 1 atom stereocenters. The molecule has 1 aliphatic heterocycles. The van der Waals surface area contributed by atoms with Crippen molar-refractivity contribution in [1.82, 2.24) is 10.2 Å². The minimum atomic E-state index is -0.00648. The zero-order valence-electron chi connectivity index (χ0n) is 6.35. The molecule has 0 aliphatic carbocycles. The van der Waals surface area contributed by atoms with Crippen LogP contribution in [0.2, 0.25) is 0 Å². The van der Waals surface area contributed by atoms with E-state index >= 15 is 0 Å². The van der Waals surface area contributed by atoms with Crippen LogP contribution in [0.4, 0.5) is 4.79 Å². The average Bonchev–Trinajstić information content (AvgIpc) is 2.13. The number of nitrogens with one attached hydrogen (secondary N) is 1. The Morgan fingerprint density at radius 2 is 2.50 bits per heavy atom. The van der Waals surface area contributed by atoms with E-state index in [0.717, 1.165) is 12.1 Å². The highest BCUT2D eigenvalue weighted by Crippen LogP contribution is 2.06. The first kappa shape index (κ1) is 7.12. The molecule has 3 nitrogen and oxygen atoms in total. The molecule has 1 fully saturated rings. The molecule has 10 heavy (non-hydrogen) atoms. The highest BCUT2D eigenvalue weighted by Gasteiger charge is 2.25. The lowest BCUT2D eigenvalue weighted by atomic mass is 10.2. The molecule has 1 heterocycles. The van der Waals surface area contributed by atoms with Gasteiger partial charge in [-0.1, -0.05) is 12.2 Å². The van der Waals surface area contributed by atoms with Gasteiger partial charge in [0.05, 0.1) is 6.04 Å². The van der Waals surface area contributed by atoms with Gasteiger partial charge in [-0.2, -0.15) is 0 Å². The predicted octanol–water partition coefficient (Wildman–Crippen LogP) is 0.586. The van der Waals surface area contributed by atoms with Crippen molar-refractivity contribution in [1.29, 1.82) is 0 Å². The summed E-state index contributed by atoms with van der Waals surface area (Å²) >= 11 is 0. The van der Waals surface area contributed by atoms with Crippen molar-refractivity contribution in [3.63, 3.8) is 0 Å². The molecule has 0 bridgehead atoms. The molecule has 1 saturated heterocycles. The van der Waals surface area contributed by atoms with Gasteiger partial charge in [0.25, 0.3) is 0 Å². The van der Waals surface area contributed by atoms with Crippen LogP contribution in [0.15, 0.2) is 12.2 Å². The standard InChI is InChI=1S/C7H12N2O/c1-5(2)6-4-9(3)7(10)8-6/h6H,1,4H2,2-3H3,(H,8,10). The lowest BCUT2D eigenvalue weighted by Gasteiger charge is -2.06. The van der Waals surface area contributed by atoms with Crippen LogP contribution >= 0.6 is 0 Å². The van der Waals surface area contributed by atoms with Gasteiger partial charge in [0.15, 0.2) is 0 Å². The molecular formula is C7H12N2O. The Labute approximate surface area is 60.7 Å². The SMILES string of the molecule is C=C(C)C1CN(C)C(=O)N1. The summed E-state index contributed by atoms with van der Waals surface area (Å²) in [4.78, 5) is 12.5. The fourth-order valence-corrected chi connectivity index (χ4v) is 0.941. The number of likely N-dealkylation sites (N-methyl/N-ethyl adjacent to an activating group) is 1. The van der Waals surface area contributed by atoms with Crippen molar-refractivity contribution < 1.29 is 4.79 Å². The monoisotopic (exact) mass is 140 g/mol. The van der Waals surface area contributed by atoms with Gasteiger partial charge in [0.1, 0.15) is 0 Å². The van der Waals surface area contributed by atoms with Crippen molar-refractivity contribution in [3.05, 3.63) is 12.2 Å². The van der Waals surface area contributed by atoms with Crippen LogP contribution in [0.1, 0.15) is 6.92 Å². The van der Waals surface area contributed by atoms with Crippen LogP contribution < -0.4 is 5.32 Å². The van der Waals surface area contributed by atoms with Crippen LogP contribution in [0.5, 0.6) is 0 Å². The first-order valence-electron chi connectivity index (χ1n) is 3.28. The molecule has 0 radical (unpaired) electrons. The number of urea groups is 1. The second-order valence-electron chi connectivity index (χ2n) is 2.73. The average molecular weight is 140 g/mol. The molecule has 1 rings (SSSR count). The van der Waals surface area contributed by atoms with Crippen molar-refractivity contribution in [2.45, 2.75) is 13.0 Å². The number of carbonyl (C=O) groups is 1. The summed E-state index contributed by atoms with van der Waals surface area (Å²) in [6.45, 7) is 6.43. The normalized spacial score (nSPS) is 24.8. The third-order valence-electron chi connectivity index (χ3n) is 1.70. The number of nitrogens with zero attached hydrogens (tertiary/aromatic N) is 1. The fraction of sp³-hybridized carbons (Fsp3) is 0.571. The second kappa shape index (κ2) is 2.33. The molecule has 0 aromatic heterocycles. The Kier molecular flexibility index (Phi) is 1.66. The third kappa shape index (κ3) is 1.12. The zero-order chi connectivity index (χ0) is 7.72. The zero-order valence-corrected chi connectivity index (χ0v) is 6.35. The molecule has 56 valence electrons. The van der Waals surface area contributed by atoms with E-state index in [1.807, 2.05) is 6.92 Å². The number of hydrogen-bond acceptors (Lipinski definition) is 1. The van der Waals surface area contributed by atoms with Gasteiger partial charge in [-0.05, 0) is 6.92 Å². The van der Waals surface area contributed by atoms with Crippen molar-refractivity contribution in [3.8, 4) is 0 Å². The fourth-order valence-electron chi connectivity index (χ4n) is 0.941. The first-order valence-corrected chi connectivity index (χ1v) is 3.28. The maximum atomic E-state index is 10.9. The van der Waals surface area contributed by atoms with Crippen molar-refractivity contribution >= 4 is 6.03 Å². The summed E-state index contributed by atoms with van der Waals surface area (Å²) < 4.78 is 0. The third-order valence-corrected chi connectivity index (χ3v) is 1.70. The van der Waals surface area contributed by atoms with E-state index in [2.05, 4.69) is 11.9 Å². The van der Waals surface area contributed by atoms with E-state index in [4.69, 9.17) is 0 Å². The van der Waals surface area contributed by atoms with E-state index in [1.54, 1.807) is 11.9 Å². The van der Waals surface area contributed by atoms with E-state index < -0.39 is 0 Å². The first-order chi connectivity index (χ1) is 4.61. The topological polar surface area (TPSA) is 32.3 Å². The maximum absolute atomic E-state index is 10.9. The lowest BCUT2D eigenvalue weighted by molar-refractivity contribution is 0.226. The Hall–Kier alpha value is -0.990. The van der Waals surface area contributed by atoms with E-state index in [-0.39, 0.29) is 12.1 Å². The summed E-state index contributed by atoms with van der Waals surface area (Å²) in [6, 6.07) is 0.144. The molecule has 0 saturated carbocycles. The van der Waals surface area contributed by atoms with Gasteiger partial charge in [0.2, 0.25) is 0 Å². The molecule has 0 aromatic rings. The predicted molar refractivity (Wildman–Crippen MR) is 39.8 cm³/mol. The summed E-state index contributed by atoms with van der Waals surface area (Å²) in [5, 5.41) is 2.79. The molecular weight excluding hydrogens is 128 g/mol. The molecule has 0 spiro atoms. The number of amides is 2. The van der Waals surface area contributed by atoms with Crippen LogP contribution in [0, 0.1) is 0 Å². The number of rotatable bonds is 1. The van der Waals surface area contributed by atoms with Gasteiger partial charge >= 0.3 is 6.03 Å². The number of hydrogen-bond donors (Lipinski definition) is 1. The van der Waals surface area contributed by atoms with Gasteiger partial charge in [-0.15, -0.1) is 0 Å². The summed E-state index contributed by atoms with van der Waals surface area (Å²) in [5.41, 5.74) is 1.01. The van der Waals surface area contributed by atoms with Crippen LogP contribution in [-0.2, 0) is 0 Å². The minimum Gasteiger partial charge on any atom is -0.330 e. The molecule has 1 unspecified atom stereocenters. The van der Waals surface area contributed by atoms with Gasteiger partial charge in [0, 0.05) is 13.6 Å². The van der Waals surface area contributed by atoms with Crippen LogP contribution in [-0.4, -0.2) is 30.6 Å². The maximum Gasteiger partial charge on any atom is 0.317 e. The molecule has 0 aromatic carbocycles. The van der Waals surface area contributed by atoms with Crippen molar-refractivity contribution in [2.75, 3.05) is 13.6 Å². The Morgan fingerprint density at radius 1 is 1.90 bits per heavy atom. The molecule has 2 amide bonds. The van der Waals surface area contributed by atoms with Gasteiger partial charge < -0.3 is 10.2 Å². The quantitative estimate of drug-likeness (QED) is 0.531. The number of carbonyl (C=O) groups excluding carboxylic acids is 1. The summed E-state index contributed by atoms with van der Waals surface area (Å²) in [7, 11) is 1.78. The van der Waals surface area contributed by atoms with Gasteiger partial charge in [-0.3, -0.25) is 0 Å². The lowest BCUT2D eigenvalue weighted by Crippen LogP contribution is -2.27. The minimum absolute atomic E-state index is 0.00648. The Bertz CT molecular complexity index is 176. The molecule has 1 aliphatic rings. The molecule has 3 heteroatoms.